The molecule has 0 radical (unpaired) electrons. The van der Waals surface area contributed by atoms with Crippen LogP contribution >= 0.6 is 0 Å². The number of benzene rings is 2. The van der Waals surface area contributed by atoms with Crippen molar-refractivity contribution >= 4 is 12.0 Å². The van der Waals surface area contributed by atoms with Gasteiger partial charge in [0.2, 0.25) is 5.91 Å². The Labute approximate surface area is 186 Å². The van der Waals surface area contributed by atoms with Gasteiger partial charge in [0, 0.05) is 45.2 Å². The van der Waals surface area contributed by atoms with Crippen LogP contribution in [0.3, 0.4) is 0 Å². The maximum absolute atomic E-state index is 11.8. The van der Waals surface area contributed by atoms with Crippen LogP contribution in [-0.2, 0) is 11.3 Å². The van der Waals surface area contributed by atoms with Crippen LogP contribution in [0, 0.1) is 0 Å². The molecule has 2 aliphatic rings. The minimum atomic E-state index is -0.187. The summed E-state index contributed by atoms with van der Waals surface area (Å²) in [6.45, 7) is 6.61. The molecule has 164 valence electrons. The highest BCUT2D eigenvalue weighted by Crippen LogP contribution is 2.39. The van der Waals surface area contributed by atoms with Gasteiger partial charge < -0.3 is 9.64 Å². The molecular weight excluding hydrogens is 384 g/mol. The van der Waals surface area contributed by atoms with Gasteiger partial charge in [-0.2, -0.15) is 0 Å². The van der Waals surface area contributed by atoms with E-state index in [2.05, 4.69) is 72.5 Å². The van der Waals surface area contributed by atoms with Crippen molar-refractivity contribution in [3.63, 3.8) is 0 Å². The van der Waals surface area contributed by atoms with Crippen LogP contribution in [-0.4, -0.2) is 47.5 Å². The average Bonchev–Trinajstić information content (AvgIpc) is 2.90. The van der Waals surface area contributed by atoms with Crippen LogP contribution in [0.2, 0.25) is 0 Å². The van der Waals surface area contributed by atoms with Crippen LogP contribution in [0.5, 0.6) is 5.75 Å². The molecule has 2 aromatic carbocycles. The second kappa shape index (κ2) is 9.27. The fourth-order valence-corrected chi connectivity index (χ4v) is 5.08. The van der Waals surface area contributed by atoms with Crippen molar-refractivity contribution in [3.8, 4) is 5.75 Å². The molecule has 0 unspecified atom stereocenters. The van der Waals surface area contributed by atoms with Crippen LogP contribution in [0.1, 0.15) is 50.7 Å². The van der Waals surface area contributed by atoms with Gasteiger partial charge in [-0.05, 0) is 44.2 Å². The first kappa shape index (κ1) is 21.6. The maximum Gasteiger partial charge on any atom is 0.219 e. The van der Waals surface area contributed by atoms with Crippen LogP contribution < -0.4 is 4.74 Å². The summed E-state index contributed by atoms with van der Waals surface area (Å²) < 4.78 is 6.74. The average molecular weight is 419 g/mol. The molecule has 0 aromatic heterocycles. The Kier molecular flexibility index (Phi) is 6.47. The Balaban J connectivity index is 1.54. The largest absolute Gasteiger partial charge is 0.486 e. The number of amides is 1. The molecule has 31 heavy (non-hydrogen) atoms. The molecule has 1 spiro atoms. The normalized spacial score (nSPS) is 24.2. The highest BCUT2D eigenvalue weighted by molar-refractivity contribution is 5.73. The Bertz CT molecular complexity index is 929. The third kappa shape index (κ3) is 5.19. The monoisotopic (exact) mass is 418 g/mol. The van der Waals surface area contributed by atoms with Crippen molar-refractivity contribution < 1.29 is 9.53 Å². The quantitative estimate of drug-likeness (QED) is 0.689. The molecule has 4 heteroatoms. The predicted molar refractivity (Wildman–Crippen MR) is 126 cm³/mol. The van der Waals surface area contributed by atoms with E-state index in [1.807, 2.05) is 11.9 Å². The third-order valence-electron chi connectivity index (χ3n) is 6.80. The number of nitrogens with zero attached hydrogens (tertiary/aromatic N) is 2. The SMILES string of the molecule is CC(=O)N(C)C1CCC2(CC1)CN(C/C(C)=C\c1ccccc1)Cc1ccccc1O2. The Hall–Kier alpha value is -2.59. The topological polar surface area (TPSA) is 32.8 Å². The number of hydrogen-bond acceptors (Lipinski definition) is 3. The van der Waals surface area contributed by atoms with Gasteiger partial charge in [0.1, 0.15) is 11.4 Å². The molecule has 0 atom stereocenters. The van der Waals surface area contributed by atoms with E-state index in [4.69, 9.17) is 4.74 Å². The van der Waals surface area contributed by atoms with Gasteiger partial charge in [-0.3, -0.25) is 9.69 Å². The molecule has 1 amide bonds. The van der Waals surface area contributed by atoms with Gasteiger partial charge in [-0.15, -0.1) is 0 Å². The van der Waals surface area contributed by atoms with E-state index in [9.17, 15) is 4.79 Å². The van der Waals surface area contributed by atoms with E-state index in [0.717, 1.165) is 51.1 Å². The third-order valence-corrected chi connectivity index (χ3v) is 6.80. The van der Waals surface area contributed by atoms with Crippen molar-refractivity contribution in [2.45, 2.75) is 57.7 Å². The number of ether oxygens (including phenoxy) is 1. The van der Waals surface area contributed by atoms with E-state index in [0.29, 0.717) is 6.04 Å². The Morgan fingerprint density at radius 1 is 1.10 bits per heavy atom. The highest BCUT2D eigenvalue weighted by atomic mass is 16.5. The second-order valence-corrected chi connectivity index (χ2v) is 9.30. The van der Waals surface area contributed by atoms with Gasteiger partial charge in [0.15, 0.2) is 0 Å². The lowest BCUT2D eigenvalue weighted by atomic mass is 9.81. The van der Waals surface area contributed by atoms with Crippen LogP contribution in [0.25, 0.3) is 6.08 Å². The summed E-state index contributed by atoms with van der Waals surface area (Å²) in [4.78, 5) is 16.3. The summed E-state index contributed by atoms with van der Waals surface area (Å²) in [7, 11) is 1.93. The summed E-state index contributed by atoms with van der Waals surface area (Å²) >= 11 is 0. The van der Waals surface area contributed by atoms with Crippen molar-refractivity contribution in [1.82, 2.24) is 9.80 Å². The van der Waals surface area contributed by atoms with E-state index in [1.165, 1.54) is 16.7 Å². The van der Waals surface area contributed by atoms with Crippen LogP contribution in [0.15, 0.2) is 60.2 Å². The molecule has 0 N–H and O–H groups in total. The van der Waals surface area contributed by atoms with Crippen LogP contribution in [0.4, 0.5) is 0 Å². The zero-order valence-corrected chi connectivity index (χ0v) is 19.0. The first-order chi connectivity index (χ1) is 14.9. The zero-order valence-electron chi connectivity index (χ0n) is 19.0. The Morgan fingerprint density at radius 2 is 1.77 bits per heavy atom. The fourth-order valence-electron chi connectivity index (χ4n) is 5.08. The molecule has 4 nitrogen and oxygen atoms in total. The lowest BCUT2D eigenvalue weighted by Crippen LogP contribution is -2.51. The molecule has 0 saturated heterocycles. The first-order valence-electron chi connectivity index (χ1n) is 11.4. The van der Waals surface area contributed by atoms with Gasteiger partial charge in [0.25, 0.3) is 0 Å². The van der Waals surface area contributed by atoms with Crippen molar-refractivity contribution in [2.24, 2.45) is 0 Å². The summed E-state index contributed by atoms with van der Waals surface area (Å²) in [5, 5.41) is 0. The molecule has 0 bridgehead atoms. The van der Waals surface area contributed by atoms with E-state index < -0.39 is 0 Å². The number of para-hydroxylation sites is 1. The molecule has 1 aliphatic carbocycles. The van der Waals surface area contributed by atoms with Crippen molar-refractivity contribution in [1.29, 1.82) is 0 Å². The number of carbonyl (C=O) groups is 1. The minimum absolute atomic E-state index is 0.149. The van der Waals surface area contributed by atoms with Gasteiger partial charge in [-0.25, -0.2) is 0 Å². The maximum atomic E-state index is 11.8. The summed E-state index contributed by atoms with van der Waals surface area (Å²) in [6.07, 6.45) is 6.21. The number of hydrogen-bond donors (Lipinski definition) is 0. The van der Waals surface area contributed by atoms with Gasteiger partial charge in [-0.1, -0.05) is 60.2 Å². The molecule has 1 heterocycles. The molecule has 1 aliphatic heterocycles. The number of rotatable bonds is 4. The van der Waals surface area contributed by atoms with E-state index in [-0.39, 0.29) is 11.5 Å². The second-order valence-electron chi connectivity index (χ2n) is 9.30. The van der Waals surface area contributed by atoms with Gasteiger partial charge >= 0.3 is 0 Å². The molecule has 2 aromatic rings. The lowest BCUT2D eigenvalue weighted by Gasteiger charge is -2.43. The smallest absolute Gasteiger partial charge is 0.219 e. The fraction of sp³-hybridized carbons (Fsp3) is 0.444. The standard InChI is InChI=1S/C27H34N2O2/c1-21(17-23-9-5-4-6-10-23)18-29-19-24-11-7-8-12-26(24)31-27(20-29)15-13-25(14-16-27)28(3)22(2)30/h4-12,17,25H,13-16,18-20H2,1-3H3/b21-17-. The Morgan fingerprint density at radius 3 is 2.48 bits per heavy atom. The molecule has 1 saturated carbocycles. The molecule has 4 rings (SSSR count). The number of carbonyl (C=O) groups excluding carboxylic acids is 1. The van der Waals surface area contributed by atoms with Gasteiger partial charge in [0.05, 0.1) is 0 Å². The lowest BCUT2D eigenvalue weighted by molar-refractivity contribution is -0.131. The van der Waals surface area contributed by atoms with Crippen molar-refractivity contribution in [3.05, 3.63) is 71.3 Å². The summed E-state index contributed by atoms with van der Waals surface area (Å²) in [6, 6.07) is 19.3. The minimum Gasteiger partial charge on any atom is -0.486 e. The molecular formula is C27H34N2O2. The first-order valence-corrected chi connectivity index (χ1v) is 11.4. The molecule has 1 fully saturated rings. The zero-order chi connectivity index (χ0) is 21.8. The summed E-state index contributed by atoms with van der Waals surface area (Å²) in [5.74, 6) is 1.17. The van der Waals surface area contributed by atoms with E-state index >= 15 is 0 Å². The highest BCUT2D eigenvalue weighted by Gasteiger charge is 2.42. The summed E-state index contributed by atoms with van der Waals surface area (Å²) in [5.41, 5.74) is 3.67. The van der Waals surface area contributed by atoms with E-state index in [1.54, 1.807) is 6.92 Å². The van der Waals surface area contributed by atoms with Crippen molar-refractivity contribution in [2.75, 3.05) is 20.1 Å². The number of fused-ring (bicyclic) bond motifs is 1. The predicted octanol–water partition coefficient (Wildman–Crippen LogP) is 5.14.